The molecule has 2 aromatic carbocycles. The standard InChI is InChI=1S/C32H33F3N4O4/c1-3-20-22(34)6-5-17-11-19(41)12-21(25(17)20)28-27(35)29-26-23(36-28)7-8-24(16(2)40)43-30(26)38-31(37-29)42-15-32-9-4-10-39(32)14-18(33)13-32/h5-6,11-12,16,18,24,40-41H,3-4,7-10,13-15H2,1-2H3/t16-,18+,24+,32-/m0/s1. The van der Waals surface area contributed by atoms with Crippen LogP contribution in [0.25, 0.3) is 32.9 Å². The lowest BCUT2D eigenvalue weighted by atomic mass is 9.94. The molecular weight excluding hydrogens is 561 g/mol. The summed E-state index contributed by atoms with van der Waals surface area (Å²) in [5.74, 6) is -1.29. The average Bonchev–Trinajstić information content (AvgIpc) is 3.43. The topological polar surface area (TPSA) is 101 Å². The van der Waals surface area contributed by atoms with Gasteiger partial charge in [0.05, 0.1) is 22.7 Å². The summed E-state index contributed by atoms with van der Waals surface area (Å²) in [7, 11) is 0. The van der Waals surface area contributed by atoms with Crippen LogP contribution in [-0.2, 0) is 12.8 Å². The highest BCUT2D eigenvalue weighted by Crippen LogP contribution is 2.43. The van der Waals surface area contributed by atoms with E-state index in [1.165, 1.54) is 18.2 Å². The normalized spacial score (nSPS) is 24.2. The van der Waals surface area contributed by atoms with Crippen molar-refractivity contribution in [2.45, 2.75) is 76.3 Å². The van der Waals surface area contributed by atoms with E-state index >= 15 is 4.39 Å². The second kappa shape index (κ2) is 10.5. The van der Waals surface area contributed by atoms with Crippen LogP contribution in [0.3, 0.4) is 0 Å². The van der Waals surface area contributed by atoms with Crippen LogP contribution in [0.5, 0.6) is 17.6 Å². The highest BCUT2D eigenvalue weighted by molar-refractivity contribution is 6.01. The van der Waals surface area contributed by atoms with Gasteiger partial charge in [0.15, 0.2) is 5.82 Å². The maximum atomic E-state index is 16.7. The van der Waals surface area contributed by atoms with Gasteiger partial charge in [-0.2, -0.15) is 9.97 Å². The van der Waals surface area contributed by atoms with Gasteiger partial charge in [-0.05, 0) is 80.1 Å². The Kier molecular flexibility index (Phi) is 6.85. The van der Waals surface area contributed by atoms with Crippen LogP contribution >= 0.6 is 0 Å². The van der Waals surface area contributed by atoms with Crippen LogP contribution < -0.4 is 9.47 Å². The maximum absolute atomic E-state index is 16.7. The number of hydrogen-bond donors (Lipinski definition) is 2. The van der Waals surface area contributed by atoms with Gasteiger partial charge in [-0.15, -0.1) is 0 Å². The number of aromatic nitrogens is 3. The summed E-state index contributed by atoms with van der Waals surface area (Å²) in [5, 5.41) is 22.3. The van der Waals surface area contributed by atoms with Gasteiger partial charge in [0, 0.05) is 18.5 Å². The van der Waals surface area contributed by atoms with Crippen molar-refractivity contribution in [1.29, 1.82) is 0 Å². The molecule has 43 heavy (non-hydrogen) atoms. The molecule has 4 atom stereocenters. The lowest BCUT2D eigenvalue weighted by Gasteiger charge is -2.30. The van der Waals surface area contributed by atoms with E-state index in [-0.39, 0.29) is 46.4 Å². The van der Waals surface area contributed by atoms with Crippen molar-refractivity contribution in [3.8, 4) is 28.9 Å². The second-order valence-corrected chi connectivity index (χ2v) is 12.0. The predicted molar refractivity (Wildman–Crippen MR) is 154 cm³/mol. The Morgan fingerprint density at radius 3 is 2.81 bits per heavy atom. The van der Waals surface area contributed by atoms with E-state index in [0.29, 0.717) is 54.3 Å². The molecule has 0 aliphatic carbocycles. The molecule has 2 N–H and O–H groups in total. The molecule has 2 saturated heterocycles. The molecule has 0 amide bonds. The van der Waals surface area contributed by atoms with Crippen LogP contribution in [-0.4, -0.2) is 73.7 Å². The number of ether oxygens (including phenoxy) is 2. The first-order chi connectivity index (χ1) is 20.7. The van der Waals surface area contributed by atoms with Gasteiger partial charge < -0.3 is 19.7 Å². The van der Waals surface area contributed by atoms with Gasteiger partial charge in [-0.25, -0.2) is 18.2 Å². The molecule has 11 heteroatoms. The molecule has 0 saturated carbocycles. The fourth-order valence-corrected chi connectivity index (χ4v) is 7.20. The van der Waals surface area contributed by atoms with Crippen LogP contribution in [0.2, 0.25) is 0 Å². The summed E-state index contributed by atoms with van der Waals surface area (Å²) >= 11 is 0. The summed E-state index contributed by atoms with van der Waals surface area (Å²) in [4.78, 5) is 15.8. The van der Waals surface area contributed by atoms with Crippen molar-refractivity contribution in [2.24, 2.45) is 0 Å². The second-order valence-electron chi connectivity index (χ2n) is 12.0. The molecule has 3 aliphatic rings. The van der Waals surface area contributed by atoms with Gasteiger partial charge in [-0.3, -0.25) is 4.90 Å². The highest BCUT2D eigenvalue weighted by Gasteiger charge is 2.49. The number of aliphatic hydroxyl groups is 1. The Bertz CT molecular complexity index is 1750. The first-order valence-corrected chi connectivity index (χ1v) is 14.9. The molecule has 8 nitrogen and oxygen atoms in total. The van der Waals surface area contributed by atoms with E-state index in [9.17, 15) is 19.0 Å². The zero-order valence-corrected chi connectivity index (χ0v) is 24.0. The van der Waals surface area contributed by atoms with E-state index in [1.807, 2.05) is 6.92 Å². The third-order valence-electron chi connectivity index (χ3n) is 9.27. The summed E-state index contributed by atoms with van der Waals surface area (Å²) < 4.78 is 58.2. The Hall–Kier alpha value is -3.70. The fraction of sp³-hybridized carbons (Fsp3) is 0.469. The monoisotopic (exact) mass is 594 g/mol. The summed E-state index contributed by atoms with van der Waals surface area (Å²) in [5.41, 5.74) is 0.427. The smallest absolute Gasteiger partial charge is 0.320 e. The summed E-state index contributed by atoms with van der Waals surface area (Å²) in [6.45, 7) is 4.71. The number of alkyl halides is 1. The number of fused-ring (bicyclic) bond motifs is 2. The van der Waals surface area contributed by atoms with E-state index in [0.717, 1.165) is 19.4 Å². The van der Waals surface area contributed by atoms with Crippen molar-refractivity contribution >= 4 is 21.7 Å². The number of phenolic OH excluding ortho intramolecular Hbond substituents is 1. The molecule has 0 spiro atoms. The zero-order valence-electron chi connectivity index (χ0n) is 24.0. The molecule has 226 valence electrons. The number of phenols is 1. The minimum atomic E-state index is -0.940. The molecular formula is C32H33F3N4O4. The molecule has 0 bridgehead atoms. The molecule has 5 heterocycles. The number of nitrogens with zero attached hydrogens (tertiary/aromatic N) is 4. The van der Waals surface area contributed by atoms with Crippen LogP contribution in [0, 0.1) is 11.6 Å². The minimum Gasteiger partial charge on any atom is -0.508 e. The molecule has 0 radical (unpaired) electrons. The first-order valence-electron chi connectivity index (χ1n) is 14.9. The Labute approximate surface area is 246 Å². The van der Waals surface area contributed by atoms with Crippen molar-refractivity contribution in [3.05, 3.63) is 47.2 Å². The van der Waals surface area contributed by atoms with Gasteiger partial charge in [0.25, 0.3) is 0 Å². The Morgan fingerprint density at radius 1 is 1.19 bits per heavy atom. The maximum Gasteiger partial charge on any atom is 0.320 e. The first kappa shape index (κ1) is 28.1. The van der Waals surface area contributed by atoms with Crippen molar-refractivity contribution in [2.75, 3.05) is 19.7 Å². The number of hydrogen-bond acceptors (Lipinski definition) is 8. The number of aliphatic hydroxyl groups excluding tert-OH is 1. The van der Waals surface area contributed by atoms with E-state index < -0.39 is 35.6 Å². The van der Waals surface area contributed by atoms with Crippen molar-refractivity contribution in [1.82, 2.24) is 19.9 Å². The van der Waals surface area contributed by atoms with Crippen LogP contribution in [0.15, 0.2) is 24.3 Å². The van der Waals surface area contributed by atoms with E-state index in [2.05, 4.69) is 14.9 Å². The van der Waals surface area contributed by atoms with Crippen molar-refractivity contribution < 1.29 is 32.9 Å². The number of halogens is 3. The number of aryl methyl sites for hydroxylation is 2. The Balaban J connectivity index is 1.41. The molecule has 2 fully saturated rings. The summed E-state index contributed by atoms with van der Waals surface area (Å²) in [6, 6.07) is 5.65. The molecule has 3 aliphatic heterocycles. The summed E-state index contributed by atoms with van der Waals surface area (Å²) in [6.07, 6.45) is 0.693. The molecule has 2 aromatic heterocycles. The quantitative estimate of drug-likeness (QED) is 0.305. The average molecular weight is 595 g/mol. The van der Waals surface area contributed by atoms with Crippen LogP contribution in [0.4, 0.5) is 13.2 Å². The largest absolute Gasteiger partial charge is 0.508 e. The molecule has 4 aromatic rings. The van der Waals surface area contributed by atoms with Gasteiger partial charge in [-0.1, -0.05) is 13.0 Å². The predicted octanol–water partition coefficient (Wildman–Crippen LogP) is 5.42. The zero-order chi connectivity index (χ0) is 30.0. The van der Waals surface area contributed by atoms with Gasteiger partial charge in [0.2, 0.25) is 5.88 Å². The Morgan fingerprint density at radius 2 is 2.02 bits per heavy atom. The van der Waals surface area contributed by atoms with E-state index in [4.69, 9.17) is 14.5 Å². The highest BCUT2D eigenvalue weighted by atomic mass is 19.1. The molecule has 7 rings (SSSR count). The third-order valence-corrected chi connectivity index (χ3v) is 9.27. The number of rotatable bonds is 6. The van der Waals surface area contributed by atoms with Crippen LogP contribution in [0.1, 0.15) is 50.8 Å². The van der Waals surface area contributed by atoms with E-state index in [1.54, 1.807) is 13.0 Å². The lowest BCUT2D eigenvalue weighted by Crippen LogP contribution is -2.43. The number of pyridine rings is 1. The number of benzene rings is 2. The fourth-order valence-electron chi connectivity index (χ4n) is 7.20. The SMILES string of the molecule is CCc1c(F)ccc2cc(O)cc(-c3nc4c5c(nc(OC[C@@]67CCCN6C[C@H](F)C7)nc5c3F)O[C@@H]([C@H](C)O)CC4)c12. The van der Waals surface area contributed by atoms with Gasteiger partial charge >= 0.3 is 6.01 Å². The van der Waals surface area contributed by atoms with Crippen molar-refractivity contribution in [3.63, 3.8) is 0 Å². The number of aromatic hydroxyl groups is 1. The van der Waals surface area contributed by atoms with Gasteiger partial charge in [0.1, 0.15) is 41.7 Å². The third kappa shape index (κ3) is 4.64. The molecule has 0 unspecified atom stereocenters. The minimum absolute atomic E-state index is 0.0491. The lowest BCUT2D eigenvalue weighted by molar-refractivity contribution is 0.0423.